The normalized spacial score (nSPS) is 15.4. The summed E-state index contributed by atoms with van der Waals surface area (Å²) in [6.07, 6.45) is 2.02. The van der Waals surface area contributed by atoms with Crippen LogP contribution in [-0.4, -0.2) is 11.5 Å². The molecule has 0 aliphatic rings. The number of hydrogen-bond acceptors (Lipinski definition) is 2. The SMILES string of the molecule is CSC(C)C(N)c1ccc(F)cc1. The van der Waals surface area contributed by atoms with E-state index in [4.69, 9.17) is 5.73 Å². The second-order valence-electron chi connectivity index (χ2n) is 3.02. The average Bonchev–Trinajstić information content (AvgIpc) is 2.17. The number of thioether (sulfide) groups is 1. The molecule has 0 saturated carbocycles. The van der Waals surface area contributed by atoms with Crippen LogP contribution in [0.4, 0.5) is 4.39 Å². The Morgan fingerprint density at radius 1 is 1.31 bits per heavy atom. The van der Waals surface area contributed by atoms with E-state index in [9.17, 15) is 4.39 Å². The van der Waals surface area contributed by atoms with Crippen molar-refractivity contribution in [1.29, 1.82) is 0 Å². The van der Waals surface area contributed by atoms with Gasteiger partial charge in [0.05, 0.1) is 0 Å². The summed E-state index contributed by atoms with van der Waals surface area (Å²) in [4.78, 5) is 0. The molecular weight excluding hydrogens is 185 g/mol. The smallest absolute Gasteiger partial charge is 0.123 e. The fourth-order valence-corrected chi connectivity index (χ4v) is 1.55. The molecule has 0 spiro atoms. The second-order valence-corrected chi connectivity index (χ2v) is 4.23. The predicted octanol–water partition coefficient (Wildman–Crippen LogP) is 2.58. The highest BCUT2D eigenvalue weighted by Gasteiger charge is 2.12. The van der Waals surface area contributed by atoms with Gasteiger partial charge in [0.25, 0.3) is 0 Å². The first-order chi connectivity index (χ1) is 6.15. The molecule has 0 aliphatic heterocycles. The highest BCUT2D eigenvalue weighted by molar-refractivity contribution is 7.99. The van der Waals surface area contributed by atoms with Crippen molar-refractivity contribution < 1.29 is 4.39 Å². The summed E-state index contributed by atoms with van der Waals surface area (Å²) in [5, 5.41) is 0.352. The molecule has 72 valence electrons. The zero-order valence-electron chi connectivity index (χ0n) is 7.83. The maximum absolute atomic E-state index is 12.6. The minimum Gasteiger partial charge on any atom is -0.323 e. The van der Waals surface area contributed by atoms with Gasteiger partial charge in [0.1, 0.15) is 5.82 Å². The first kappa shape index (κ1) is 10.5. The van der Waals surface area contributed by atoms with E-state index >= 15 is 0 Å². The third-order valence-corrected chi connectivity index (χ3v) is 3.17. The summed E-state index contributed by atoms with van der Waals surface area (Å²) >= 11 is 1.71. The molecule has 0 bridgehead atoms. The Morgan fingerprint density at radius 3 is 2.31 bits per heavy atom. The Bertz CT molecular complexity index is 260. The average molecular weight is 199 g/mol. The van der Waals surface area contributed by atoms with Crippen molar-refractivity contribution >= 4 is 11.8 Å². The third kappa shape index (κ3) is 2.71. The van der Waals surface area contributed by atoms with Crippen LogP contribution in [0.3, 0.4) is 0 Å². The number of benzene rings is 1. The zero-order valence-corrected chi connectivity index (χ0v) is 8.64. The van der Waals surface area contributed by atoms with Gasteiger partial charge in [0.2, 0.25) is 0 Å². The standard InChI is InChI=1S/C10H14FNS/c1-7(13-2)10(12)8-3-5-9(11)6-4-8/h3-7,10H,12H2,1-2H3. The maximum Gasteiger partial charge on any atom is 0.123 e. The van der Waals surface area contributed by atoms with Crippen LogP contribution in [0.5, 0.6) is 0 Å². The van der Waals surface area contributed by atoms with Crippen LogP contribution in [0.1, 0.15) is 18.5 Å². The van der Waals surface area contributed by atoms with Gasteiger partial charge in [-0.25, -0.2) is 4.39 Å². The topological polar surface area (TPSA) is 26.0 Å². The minimum absolute atomic E-state index is 0.0180. The number of halogens is 1. The predicted molar refractivity (Wildman–Crippen MR) is 56.3 cm³/mol. The fourth-order valence-electron chi connectivity index (χ4n) is 1.10. The van der Waals surface area contributed by atoms with E-state index in [0.29, 0.717) is 5.25 Å². The molecule has 1 rings (SSSR count). The van der Waals surface area contributed by atoms with Gasteiger partial charge < -0.3 is 5.73 Å². The second kappa shape index (κ2) is 4.63. The summed E-state index contributed by atoms with van der Waals surface area (Å²) in [7, 11) is 0. The van der Waals surface area contributed by atoms with Gasteiger partial charge in [-0.1, -0.05) is 19.1 Å². The van der Waals surface area contributed by atoms with Crippen LogP contribution in [0.15, 0.2) is 24.3 Å². The summed E-state index contributed by atoms with van der Waals surface area (Å²) in [6, 6.07) is 6.36. The van der Waals surface area contributed by atoms with Crippen molar-refractivity contribution in [3.63, 3.8) is 0 Å². The van der Waals surface area contributed by atoms with E-state index in [0.717, 1.165) is 5.56 Å². The van der Waals surface area contributed by atoms with Gasteiger partial charge in [0.15, 0.2) is 0 Å². The summed E-state index contributed by atoms with van der Waals surface area (Å²) in [5.41, 5.74) is 6.94. The molecular formula is C10H14FNS. The van der Waals surface area contributed by atoms with Crippen LogP contribution in [-0.2, 0) is 0 Å². The van der Waals surface area contributed by atoms with E-state index in [1.54, 1.807) is 23.9 Å². The third-order valence-electron chi connectivity index (χ3n) is 2.13. The van der Waals surface area contributed by atoms with Gasteiger partial charge in [-0.2, -0.15) is 11.8 Å². The number of nitrogens with two attached hydrogens (primary N) is 1. The lowest BCUT2D eigenvalue weighted by molar-refractivity contribution is 0.624. The molecule has 0 fully saturated rings. The number of hydrogen-bond donors (Lipinski definition) is 1. The van der Waals surface area contributed by atoms with Crippen molar-refractivity contribution in [3.8, 4) is 0 Å². The summed E-state index contributed by atoms with van der Waals surface area (Å²) in [5.74, 6) is -0.215. The van der Waals surface area contributed by atoms with Crippen molar-refractivity contribution in [3.05, 3.63) is 35.6 Å². The van der Waals surface area contributed by atoms with E-state index < -0.39 is 0 Å². The highest BCUT2D eigenvalue weighted by Crippen LogP contribution is 2.22. The Hall–Kier alpha value is -0.540. The van der Waals surface area contributed by atoms with E-state index in [2.05, 4.69) is 6.92 Å². The molecule has 13 heavy (non-hydrogen) atoms. The van der Waals surface area contributed by atoms with Gasteiger partial charge in [-0.3, -0.25) is 0 Å². The lowest BCUT2D eigenvalue weighted by Crippen LogP contribution is -2.20. The van der Waals surface area contributed by atoms with Crippen LogP contribution in [0.2, 0.25) is 0 Å². The van der Waals surface area contributed by atoms with Crippen molar-refractivity contribution in [1.82, 2.24) is 0 Å². The van der Waals surface area contributed by atoms with Gasteiger partial charge in [-0.15, -0.1) is 0 Å². The molecule has 1 aromatic carbocycles. The lowest BCUT2D eigenvalue weighted by atomic mass is 10.1. The van der Waals surface area contributed by atoms with E-state index in [1.165, 1.54) is 12.1 Å². The summed E-state index contributed by atoms with van der Waals surface area (Å²) in [6.45, 7) is 2.07. The lowest BCUT2D eigenvalue weighted by Gasteiger charge is -2.17. The van der Waals surface area contributed by atoms with Crippen molar-refractivity contribution in [2.75, 3.05) is 6.26 Å². The van der Waals surface area contributed by atoms with Crippen LogP contribution >= 0.6 is 11.8 Å². The molecule has 2 unspecified atom stereocenters. The molecule has 0 heterocycles. The monoisotopic (exact) mass is 199 g/mol. The Labute approximate surface area is 82.5 Å². The Morgan fingerprint density at radius 2 is 1.85 bits per heavy atom. The largest absolute Gasteiger partial charge is 0.323 e. The molecule has 1 aromatic rings. The van der Waals surface area contributed by atoms with Crippen molar-refractivity contribution in [2.45, 2.75) is 18.2 Å². The molecule has 2 N–H and O–H groups in total. The Balaban J connectivity index is 2.77. The Kier molecular flexibility index (Phi) is 3.75. The first-order valence-electron chi connectivity index (χ1n) is 4.19. The molecule has 0 amide bonds. The van der Waals surface area contributed by atoms with Crippen LogP contribution < -0.4 is 5.73 Å². The van der Waals surface area contributed by atoms with Crippen LogP contribution in [0.25, 0.3) is 0 Å². The maximum atomic E-state index is 12.6. The van der Waals surface area contributed by atoms with Gasteiger partial charge in [0, 0.05) is 11.3 Å². The molecule has 0 saturated heterocycles. The minimum atomic E-state index is -0.215. The first-order valence-corrected chi connectivity index (χ1v) is 5.47. The van der Waals surface area contributed by atoms with E-state index in [-0.39, 0.29) is 11.9 Å². The quantitative estimate of drug-likeness (QED) is 0.809. The van der Waals surface area contributed by atoms with Gasteiger partial charge in [-0.05, 0) is 24.0 Å². The van der Waals surface area contributed by atoms with Gasteiger partial charge >= 0.3 is 0 Å². The summed E-state index contributed by atoms with van der Waals surface area (Å²) < 4.78 is 12.6. The molecule has 3 heteroatoms. The fraction of sp³-hybridized carbons (Fsp3) is 0.400. The van der Waals surface area contributed by atoms with E-state index in [1.807, 2.05) is 6.26 Å². The molecule has 0 radical (unpaired) electrons. The highest BCUT2D eigenvalue weighted by atomic mass is 32.2. The molecule has 0 aromatic heterocycles. The molecule has 0 aliphatic carbocycles. The molecule has 2 atom stereocenters. The number of rotatable bonds is 3. The van der Waals surface area contributed by atoms with Crippen LogP contribution in [0, 0.1) is 5.82 Å². The molecule has 1 nitrogen and oxygen atoms in total. The zero-order chi connectivity index (χ0) is 9.84. The van der Waals surface area contributed by atoms with Crippen molar-refractivity contribution in [2.24, 2.45) is 5.73 Å².